The lowest BCUT2D eigenvalue weighted by Crippen LogP contribution is -2.13. The number of nitriles is 1. The molecule has 0 radical (unpaired) electrons. The van der Waals surface area contributed by atoms with Crippen LogP contribution in [0.25, 0.3) is 0 Å². The SMILES string of the molecule is Cc1ccc(C#N)cc1NS(=O)(=O)c1csc(C(=O)O)c1. The van der Waals surface area contributed by atoms with Crippen molar-refractivity contribution < 1.29 is 18.3 Å². The Morgan fingerprint density at radius 3 is 2.67 bits per heavy atom. The summed E-state index contributed by atoms with van der Waals surface area (Å²) in [5.41, 5.74) is 1.28. The normalized spacial score (nSPS) is 10.9. The average Bonchev–Trinajstić information content (AvgIpc) is 2.92. The second kappa shape index (κ2) is 5.55. The van der Waals surface area contributed by atoms with E-state index < -0.39 is 16.0 Å². The molecule has 6 nitrogen and oxygen atoms in total. The fourth-order valence-corrected chi connectivity index (χ4v) is 3.81. The second-order valence-electron chi connectivity index (χ2n) is 4.20. The third-order valence-electron chi connectivity index (χ3n) is 2.71. The minimum absolute atomic E-state index is 0.0575. The van der Waals surface area contributed by atoms with Gasteiger partial charge in [-0.15, -0.1) is 11.3 Å². The molecule has 0 saturated carbocycles. The van der Waals surface area contributed by atoms with Crippen LogP contribution in [-0.2, 0) is 10.0 Å². The Hall–Kier alpha value is -2.37. The summed E-state index contributed by atoms with van der Waals surface area (Å²) in [5, 5.41) is 18.9. The number of sulfonamides is 1. The number of anilines is 1. The standard InChI is InChI=1S/C13H10N2O4S2/c1-8-2-3-9(6-14)4-11(8)15-21(18,19)10-5-12(13(16)17)20-7-10/h2-5,7,15H,1H3,(H,16,17). The largest absolute Gasteiger partial charge is 0.477 e. The van der Waals surface area contributed by atoms with Crippen LogP contribution in [-0.4, -0.2) is 19.5 Å². The van der Waals surface area contributed by atoms with E-state index in [-0.39, 0.29) is 15.5 Å². The van der Waals surface area contributed by atoms with Crippen molar-refractivity contribution >= 4 is 33.0 Å². The van der Waals surface area contributed by atoms with Crippen LogP contribution in [0.2, 0.25) is 0 Å². The molecule has 2 aromatic rings. The Balaban J connectivity index is 2.37. The molecule has 0 bridgehead atoms. The number of aromatic carboxylic acids is 1. The highest BCUT2D eigenvalue weighted by Gasteiger charge is 2.19. The van der Waals surface area contributed by atoms with Crippen molar-refractivity contribution in [3.05, 3.63) is 45.6 Å². The average molecular weight is 322 g/mol. The van der Waals surface area contributed by atoms with Crippen LogP contribution in [0, 0.1) is 18.3 Å². The van der Waals surface area contributed by atoms with Crippen LogP contribution in [0.4, 0.5) is 5.69 Å². The van der Waals surface area contributed by atoms with Gasteiger partial charge in [0.2, 0.25) is 0 Å². The van der Waals surface area contributed by atoms with Gasteiger partial charge in [0.25, 0.3) is 10.0 Å². The van der Waals surface area contributed by atoms with E-state index in [0.717, 1.165) is 17.4 Å². The molecule has 0 aliphatic rings. The number of carbonyl (C=O) groups is 1. The van der Waals surface area contributed by atoms with Crippen LogP contribution in [0.15, 0.2) is 34.5 Å². The number of carboxylic acids is 1. The molecule has 0 unspecified atom stereocenters. The van der Waals surface area contributed by atoms with Crippen molar-refractivity contribution in [1.29, 1.82) is 5.26 Å². The Bertz CT molecular complexity index is 847. The molecule has 2 N–H and O–H groups in total. The van der Waals surface area contributed by atoms with E-state index in [2.05, 4.69) is 4.72 Å². The van der Waals surface area contributed by atoms with Gasteiger partial charge in [0.15, 0.2) is 0 Å². The molecule has 0 aliphatic carbocycles. The monoisotopic (exact) mass is 322 g/mol. The van der Waals surface area contributed by atoms with Crippen LogP contribution < -0.4 is 4.72 Å². The van der Waals surface area contributed by atoms with Crippen molar-refractivity contribution in [2.24, 2.45) is 0 Å². The van der Waals surface area contributed by atoms with Gasteiger partial charge in [0.1, 0.15) is 4.88 Å². The van der Waals surface area contributed by atoms with E-state index >= 15 is 0 Å². The first-order valence-electron chi connectivity index (χ1n) is 5.69. The molecule has 2 rings (SSSR count). The first-order valence-corrected chi connectivity index (χ1v) is 8.05. The molecule has 108 valence electrons. The first-order chi connectivity index (χ1) is 9.83. The summed E-state index contributed by atoms with van der Waals surface area (Å²) >= 11 is 0.836. The Kier molecular flexibility index (Phi) is 3.97. The van der Waals surface area contributed by atoms with Crippen molar-refractivity contribution in [2.45, 2.75) is 11.8 Å². The minimum Gasteiger partial charge on any atom is -0.477 e. The fourth-order valence-electron chi connectivity index (χ4n) is 1.58. The summed E-state index contributed by atoms with van der Waals surface area (Å²) in [4.78, 5) is 10.6. The molecule has 1 aromatic carbocycles. The summed E-state index contributed by atoms with van der Waals surface area (Å²) in [6, 6.07) is 7.67. The third kappa shape index (κ3) is 3.21. The van der Waals surface area contributed by atoms with E-state index in [4.69, 9.17) is 10.4 Å². The predicted octanol–water partition coefficient (Wildman–Crippen LogP) is 2.43. The molecule has 0 spiro atoms. The van der Waals surface area contributed by atoms with Crippen LogP contribution in [0.3, 0.4) is 0 Å². The van der Waals surface area contributed by atoms with Gasteiger partial charge in [-0.05, 0) is 30.7 Å². The van der Waals surface area contributed by atoms with Gasteiger partial charge < -0.3 is 5.11 Å². The Morgan fingerprint density at radius 1 is 1.38 bits per heavy atom. The van der Waals surface area contributed by atoms with E-state index in [0.29, 0.717) is 11.1 Å². The molecular weight excluding hydrogens is 312 g/mol. The van der Waals surface area contributed by atoms with Crippen molar-refractivity contribution in [3.63, 3.8) is 0 Å². The number of nitrogens with zero attached hydrogens (tertiary/aromatic N) is 1. The topological polar surface area (TPSA) is 107 Å². The zero-order chi connectivity index (χ0) is 15.6. The summed E-state index contributed by atoms with van der Waals surface area (Å²) in [5.74, 6) is -1.18. The lowest BCUT2D eigenvalue weighted by atomic mass is 10.1. The maximum absolute atomic E-state index is 12.2. The first kappa shape index (κ1) is 15.0. The number of aryl methyl sites for hydroxylation is 1. The smallest absolute Gasteiger partial charge is 0.345 e. The zero-order valence-corrected chi connectivity index (χ0v) is 12.5. The number of nitrogens with one attached hydrogen (secondary N) is 1. The highest BCUT2D eigenvalue weighted by molar-refractivity contribution is 7.92. The number of hydrogen-bond acceptors (Lipinski definition) is 5. The molecule has 1 heterocycles. The van der Waals surface area contributed by atoms with Gasteiger partial charge >= 0.3 is 5.97 Å². The lowest BCUT2D eigenvalue weighted by Gasteiger charge is -2.09. The number of rotatable bonds is 4. The maximum atomic E-state index is 12.2. The predicted molar refractivity (Wildman–Crippen MR) is 78.0 cm³/mol. The Morgan fingerprint density at radius 2 is 2.10 bits per heavy atom. The molecule has 8 heteroatoms. The van der Waals surface area contributed by atoms with Gasteiger partial charge in [-0.3, -0.25) is 4.72 Å². The molecule has 0 amide bonds. The van der Waals surface area contributed by atoms with Crippen molar-refractivity contribution in [3.8, 4) is 6.07 Å². The quantitative estimate of drug-likeness (QED) is 0.899. The summed E-state index contributed by atoms with van der Waals surface area (Å²) < 4.78 is 26.8. The van der Waals surface area contributed by atoms with Gasteiger partial charge in [-0.2, -0.15) is 5.26 Å². The minimum atomic E-state index is -3.89. The summed E-state index contributed by atoms with van der Waals surface area (Å²) in [7, 11) is -3.89. The number of thiophene rings is 1. The van der Waals surface area contributed by atoms with Gasteiger partial charge in [0, 0.05) is 5.38 Å². The maximum Gasteiger partial charge on any atom is 0.345 e. The van der Waals surface area contributed by atoms with Gasteiger partial charge in [0.05, 0.1) is 22.2 Å². The van der Waals surface area contributed by atoms with E-state index in [1.165, 1.54) is 11.4 Å². The lowest BCUT2D eigenvalue weighted by molar-refractivity contribution is 0.0702. The molecule has 21 heavy (non-hydrogen) atoms. The van der Waals surface area contributed by atoms with Crippen LogP contribution >= 0.6 is 11.3 Å². The third-order valence-corrected chi connectivity index (χ3v) is 5.12. The second-order valence-corrected chi connectivity index (χ2v) is 6.79. The summed E-state index contributed by atoms with van der Waals surface area (Å²) in [6.45, 7) is 1.70. The molecule has 0 fully saturated rings. The molecule has 1 aromatic heterocycles. The zero-order valence-electron chi connectivity index (χ0n) is 10.8. The summed E-state index contributed by atoms with van der Waals surface area (Å²) in [6.07, 6.45) is 0. The molecule has 0 saturated heterocycles. The van der Waals surface area contributed by atoms with Crippen molar-refractivity contribution in [2.75, 3.05) is 4.72 Å². The fraction of sp³-hybridized carbons (Fsp3) is 0.0769. The highest BCUT2D eigenvalue weighted by Crippen LogP contribution is 2.24. The van der Waals surface area contributed by atoms with Crippen LogP contribution in [0.5, 0.6) is 0 Å². The Labute approximate surface area is 125 Å². The molecule has 0 aliphatic heterocycles. The van der Waals surface area contributed by atoms with Crippen molar-refractivity contribution in [1.82, 2.24) is 0 Å². The van der Waals surface area contributed by atoms with Gasteiger partial charge in [-0.25, -0.2) is 13.2 Å². The molecular formula is C13H10N2O4S2. The highest BCUT2D eigenvalue weighted by atomic mass is 32.2. The number of carboxylic acid groups (broad SMARTS) is 1. The van der Waals surface area contributed by atoms with E-state index in [1.54, 1.807) is 19.1 Å². The van der Waals surface area contributed by atoms with E-state index in [1.807, 2.05) is 6.07 Å². The van der Waals surface area contributed by atoms with E-state index in [9.17, 15) is 13.2 Å². The van der Waals surface area contributed by atoms with Gasteiger partial charge in [-0.1, -0.05) is 6.07 Å². The molecule has 0 atom stereocenters. The number of benzene rings is 1. The van der Waals surface area contributed by atoms with Crippen LogP contribution in [0.1, 0.15) is 20.8 Å². The number of hydrogen-bond donors (Lipinski definition) is 2.